The summed E-state index contributed by atoms with van der Waals surface area (Å²) in [6, 6.07) is 5.62. The molecule has 2 rings (SSSR count). The normalized spacial score (nSPS) is 9.93. The average molecular weight is 217 g/mol. The van der Waals surface area contributed by atoms with Gasteiger partial charge in [-0.05, 0) is 23.8 Å². The topological polar surface area (TPSA) is 25.8 Å². The molecule has 0 spiro atoms. The Kier molecular flexibility index (Phi) is 2.79. The van der Waals surface area contributed by atoms with E-state index in [1.807, 2.05) is 18.2 Å². The monoisotopic (exact) mass is 216 g/mol. The molecular formula is C12H9ClN2. The maximum absolute atomic E-state index is 6.10. The van der Waals surface area contributed by atoms with Crippen LogP contribution in [0.25, 0.3) is 17.3 Å². The molecule has 0 amide bonds. The fraction of sp³-hybridized carbons (Fsp3) is 0. The molecule has 0 saturated heterocycles. The molecule has 0 radical (unpaired) electrons. The quantitative estimate of drug-likeness (QED) is 0.769. The molecule has 0 aliphatic heterocycles. The minimum absolute atomic E-state index is 0.611. The second-order valence-corrected chi connectivity index (χ2v) is 3.45. The lowest BCUT2D eigenvalue weighted by Crippen LogP contribution is -1.86. The van der Waals surface area contributed by atoms with Crippen LogP contribution in [0.1, 0.15) is 5.56 Å². The van der Waals surface area contributed by atoms with Crippen molar-refractivity contribution in [3.05, 3.63) is 54.0 Å². The maximum Gasteiger partial charge on any atom is 0.0904 e. The van der Waals surface area contributed by atoms with Crippen LogP contribution in [0.5, 0.6) is 0 Å². The first-order valence-corrected chi connectivity index (χ1v) is 4.87. The molecule has 0 bridgehead atoms. The minimum atomic E-state index is 0.611. The van der Waals surface area contributed by atoms with Crippen LogP contribution >= 0.6 is 11.6 Å². The first-order chi connectivity index (χ1) is 7.31. The van der Waals surface area contributed by atoms with E-state index in [1.54, 1.807) is 24.7 Å². The summed E-state index contributed by atoms with van der Waals surface area (Å²) in [5.74, 6) is 0. The number of nitrogens with zero attached hydrogens (tertiary/aromatic N) is 2. The number of rotatable bonds is 2. The van der Waals surface area contributed by atoms with Crippen molar-refractivity contribution in [1.82, 2.24) is 9.97 Å². The van der Waals surface area contributed by atoms with Crippen LogP contribution in [-0.2, 0) is 0 Å². The van der Waals surface area contributed by atoms with E-state index in [4.69, 9.17) is 11.6 Å². The predicted molar refractivity (Wildman–Crippen MR) is 62.6 cm³/mol. The summed E-state index contributed by atoms with van der Waals surface area (Å²) < 4.78 is 0. The minimum Gasteiger partial charge on any atom is -0.264 e. The molecular weight excluding hydrogens is 208 g/mol. The zero-order valence-electron chi connectivity index (χ0n) is 8.02. The molecule has 74 valence electrons. The van der Waals surface area contributed by atoms with Crippen molar-refractivity contribution in [1.29, 1.82) is 0 Å². The lowest BCUT2D eigenvalue weighted by atomic mass is 10.1. The Labute approximate surface area is 93.3 Å². The fourth-order valence-corrected chi connectivity index (χ4v) is 1.56. The van der Waals surface area contributed by atoms with Gasteiger partial charge in [-0.25, -0.2) is 0 Å². The molecule has 0 saturated carbocycles. The van der Waals surface area contributed by atoms with Gasteiger partial charge in [-0.2, -0.15) is 0 Å². The van der Waals surface area contributed by atoms with Gasteiger partial charge in [-0.1, -0.05) is 24.3 Å². The number of hydrogen-bond donors (Lipinski definition) is 0. The number of pyridine rings is 2. The van der Waals surface area contributed by atoms with E-state index in [9.17, 15) is 0 Å². The molecule has 2 nitrogen and oxygen atoms in total. The van der Waals surface area contributed by atoms with Crippen LogP contribution in [0.3, 0.4) is 0 Å². The summed E-state index contributed by atoms with van der Waals surface area (Å²) in [6.07, 6.45) is 6.91. The van der Waals surface area contributed by atoms with Gasteiger partial charge in [0.1, 0.15) is 0 Å². The van der Waals surface area contributed by atoms with E-state index >= 15 is 0 Å². The van der Waals surface area contributed by atoms with Crippen molar-refractivity contribution in [3.63, 3.8) is 0 Å². The van der Waals surface area contributed by atoms with Crippen LogP contribution in [-0.4, -0.2) is 9.97 Å². The third-order valence-electron chi connectivity index (χ3n) is 2.03. The second kappa shape index (κ2) is 4.24. The molecule has 2 aromatic heterocycles. The van der Waals surface area contributed by atoms with Crippen LogP contribution in [0, 0.1) is 0 Å². The summed E-state index contributed by atoms with van der Waals surface area (Å²) in [5, 5.41) is 0.611. The molecule has 3 heteroatoms. The van der Waals surface area contributed by atoms with E-state index in [-0.39, 0.29) is 0 Å². The molecule has 15 heavy (non-hydrogen) atoms. The SMILES string of the molecule is C=Cc1cnc(-c2cccnc2)c(Cl)c1. The lowest BCUT2D eigenvalue weighted by Gasteiger charge is -2.03. The van der Waals surface area contributed by atoms with E-state index in [0.717, 1.165) is 16.8 Å². The summed E-state index contributed by atoms with van der Waals surface area (Å²) in [6.45, 7) is 3.66. The standard InChI is InChI=1S/C12H9ClN2/c1-2-9-6-11(13)12(15-7-9)10-4-3-5-14-8-10/h2-8H,1H2. The summed E-state index contributed by atoms with van der Waals surface area (Å²) >= 11 is 6.10. The number of aromatic nitrogens is 2. The van der Waals surface area contributed by atoms with Gasteiger partial charge in [-0.15, -0.1) is 0 Å². The summed E-state index contributed by atoms with van der Waals surface area (Å²) in [4.78, 5) is 8.30. The van der Waals surface area contributed by atoms with Crippen molar-refractivity contribution in [2.45, 2.75) is 0 Å². The molecule has 0 aliphatic carbocycles. The summed E-state index contributed by atoms with van der Waals surface area (Å²) in [5.41, 5.74) is 2.57. The Bertz CT molecular complexity index is 480. The highest BCUT2D eigenvalue weighted by molar-refractivity contribution is 6.33. The third-order valence-corrected chi connectivity index (χ3v) is 2.32. The van der Waals surface area contributed by atoms with Gasteiger partial charge in [-0.3, -0.25) is 9.97 Å². The van der Waals surface area contributed by atoms with Crippen LogP contribution in [0.4, 0.5) is 0 Å². The highest BCUT2D eigenvalue weighted by Crippen LogP contribution is 2.25. The van der Waals surface area contributed by atoms with E-state index < -0.39 is 0 Å². The highest BCUT2D eigenvalue weighted by Gasteiger charge is 2.04. The van der Waals surface area contributed by atoms with Crippen molar-refractivity contribution < 1.29 is 0 Å². The first-order valence-electron chi connectivity index (χ1n) is 4.49. The van der Waals surface area contributed by atoms with E-state index in [1.165, 1.54) is 0 Å². The lowest BCUT2D eigenvalue weighted by molar-refractivity contribution is 1.27. The second-order valence-electron chi connectivity index (χ2n) is 3.04. The van der Waals surface area contributed by atoms with Crippen LogP contribution in [0.15, 0.2) is 43.4 Å². The Hall–Kier alpha value is -1.67. The molecule has 0 fully saturated rings. The van der Waals surface area contributed by atoms with Gasteiger partial charge in [0.25, 0.3) is 0 Å². The Morgan fingerprint density at radius 3 is 2.80 bits per heavy atom. The van der Waals surface area contributed by atoms with Crippen LogP contribution < -0.4 is 0 Å². The van der Waals surface area contributed by atoms with Gasteiger partial charge in [0, 0.05) is 24.2 Å². The number of hydrogen-bond acceptors (Lipinski definition) is 2. The van der Waals surface area contributed by atoms with E-state index in [2.05, 4.69) is 16.5 Å². The summed E-state index contributed by atoms with van der Waals surface area (Å²) in [7, 11) is 0. The van der Waals surface area contributed by atoms with Crippen molar-refractivity contribution in [2.75, 3.05) is 0 Å². The first kappa shape index (κ1) is 9.87. The third kappa shape index (κ3) is 2.05. The zero-order chi connectivity index (χ0) is 10.7. The largest absolute Gasteiger partial charge is 0.264 e. The smallest absolute Gasteiger partial charge is 0.0904 e. The van der Waals surface area contributed by atoms with Crippen LogP contribution in [0.2, 0.25) is 5.02 Å². The van der Waals surface area contributed by atoms with Crippen molar-refractivity contribution >= 4 is 17.7 Å². The Morgan fingerprint density at radius 1 is 1.33 bits per heavy atom. The van der Waals surface area contributed by atoms with Gasteiger partial charge in [0.2, 0.25) is 0 Å². The molecule has 2 heterocycles. The van der Waals surface area contributed by atoms with Gasteiger partial charge in [0.15, 0.2) is 0 Å². The maximum atomic E-state index is 6.10. The predicted octanol–water partition coefficient (Wildman–Crippen LogP) is 3.44. The molecule has 0 aliphatic rings. The average Bonchev–Trinajstić information content (AvgIpc) is 2.30. The Morgan fingerprint density at radius 2 is 2.20 bits per heavy atom. The van der Waals surface area contributed by atoms with Gasteiger partial charge in [0.05, 0.1) is 10.7 Å². The van der Waals surface area contributed by atoms with Crippen molar-refractivity contribution in [3.8, 4) is 11.3 Å². The van der Waals surface area contributed by atoms with Crippen molar-refractivity contribution in [2.24, 2.45) is 0 Å². The van der Waals surface area contributed by atoms with E-state index in [0.29, 0.717) is 5.02 Å². The fourth-order valence-electron chi connectivity index (χ4n) is 1.28. The Balaban J connectivity index is 2.51. The molecule has 0 unspecified atom stereocenters. The molecule has 0 atom stereocenters. The number of halogens is 1. The zero-order valence-corrected chi connectivity index (χ0v) is 8.78. The molecule has 0 aromatic carbocycles. The van der Waals surface area contributed by atoms with Gasteiger partial charge >= 0.3 is 0 Å². The highest BCUT2D eigenvalue weighted by atomic mass is 35.5. The molecule has 2 aromatic rings. The van der Waals surface area contributed by atoms with Gasteiger partial charge < -0.3 is 0 Å². The molecule has 0 N–H and O–H groups in total.